The molecule has 0 spiro atoms. The van der Waals surface area contributed by atoms with E-state index >= 15 is 0 Å². The first-order valence-electron chi connectivity index (χ1n) is 5.38. The van der Waals surface area contributed by atoms with Gasteiger partial charge in [-0.25, -0.2) is 4.79 Å². The summed E-state index contributed by atoms with van der Waals surface area (Å²) in [4.78, 5) is 11.0. The summed E-state index contributed by atoms with van der Waals surface area (Å²) in [6.07, 6.45) is 0. The van der Waals surface area contributed by atoms with Crippen LogP contribution in [0.3, 0.4) is 0 Å². The van der Waals surface area contributed by atoms with Gasteiger partial charge in [0.15, 0.2) is 5.76 Å². The molecule has 0 aliphatic rings. The molecule has 3 nitrogen and oxygen atoms in total. The number of aryl methyl sites for hydroxylation is 1. The number of rotatable bonds is 1. The molecule has 0 amide bonds. The molecule has 0 aliphatic carbocycles. The van der Waals surface area contributed by atoms with Gasteiger partial charge >= 0.3 is 5.97 Å². The third-order valence-corrected chi connectivity index (χ3v) is 2.23. The molecule has 1 aromatic carbocycles. The number of hydrogen-bond donors (Lipinski definition) is 0. The maximum absolute atomic E-state index is 11.0. The second kappa shape index (κ2) is 4.75. The highest BCUT2D eigenvalue weighted by molar-refractivity contribution is 5.89. The first-order chi connectivity index (χ1) is 8.19. The van der Waals surface area contributed by atoms with Gasteiger partial charge in [-0.15, -0.1) is 0 Å². The largest absolute Gasteiger partial charge is 0.456 e. The van der Waals surface area contributed by atoms with Gasteiger partial charge in [0.1, 0.15) is 5.58 Å². The summed E-state index contributed by atoms with van der Waals surface area (Å²) >= 11 is 0. The normalized spacial score (nSPS) is 9.76. The zero-order valence-corrected chi connectivity index (χ0v) is 9.74. The Kier molecular flexibility index (Phi) is 3.15. The zero-order chi connectivity index (χ0) is 12.3. The Morgan fingerprint density at radius 2 is 2.24 bits per heavy atom. The van der Waals surface area contributed by atoms with Gasteiger partial charge in [-0.2, -0.15) is 0 Å². The van der Waals surface area contributed by atoms with Crippen LogP contribution < -0.4 is 0 Å². The predicted molar refractivity (Wildman–Crippen MR) is 64.5 cm³/mol. The molecule has 0 N–H and O–H groups in total. The topological polar surface area (TPSA) is 39.4 Å². The van der Waals surface area contributed by atoms with Crippen molar-refractivity contribution in [2.75, 3.05) is 6.61 Å². The highest BCUT2D eigenvalue weighted by Gasteiger charge is 2.01. The molecule has 0 bridgehead atoms. The summed E-state index contributed by atoms with van der Waals surface area (Å²) in [5.74, 6) is 4.95. The van der Waals surface area contributed by atoms with Gasteiger partial charge in [0.25, 0.3) is 0 Å². The van der Waals surface area contributed by atoms with Crippen LogP contribution in [0.15, 0.2) is 28.7 Å². The fraction of sp³-hybridized carbons (Fsp3) is 0.214. The third kappa shape index (κ3) is 2.67. The quantitative estimate of drug-likeness (QED) is 0.556. The minimum atomic E-state index is -0.538. The number of benzene rings is 1. The van der Waals surface area contributed by atoms with Crippen molar-refractivity contribution in [1.82, 2.24) is 0 Å². The van der Waals surface area contributed by atoms with Crippen molar-refractivity contribution in [3.63, 3.8) is 0 Å². The minimum absolute atomic E-state index is 0.326. The van der Waals surface area contributed by atoms with Crippen molar-refractivity contribution in [3.8, 4) is 11.8 Å². The Hall–Kier alpha value is -2.21. The molecule has 0 saturated heterocycles. The van der Waals surface area contributed by atoms with Crippen LogP contribution in [0.4, 0.5) is 0 Å². The maximum atomic E-state index is 11.0. The lowest BCUT2D eigenvalue weighted by molar-refractivity contribution is -0.136. The van der Waals surface area contributed by atoms with Crippen LogP contribution in [0.1, 0.15) is 18.2 Å². The van der Waals surface area contributed by atoms with E-state index in [2.05, 4.69) is 11.8 Å². The van der Waals surface area contributed by atoms with E-state index < -0.39 is 5.97 Å². The summed E-state index contributed by atoms with van der Waals surface area (Å²) < 4.78 is 10.2. The SMILES string of the molecule is CCOC(=O)C#Cc1cc2cc(C)ccc2o1. The van der Waals surface area contributed by atoms with Crippen molar-refractivity contribution < 1.29 is 13.9 Å². The molecule has 3 heteroatoms. The summed E-state index contributed by atoms with van der Waals surface area (Å²) in [6.45, 7) is 4.08. The van der Waals surface area contributed by atoms with Crippen LogP contribution in [0.2, 0.25) is 0 Å². The average Bonchev–Trinajstić information content (AvgIpc) is 2.68. The Morgan fingerprint density at radius 3 is 3.00 bits per heavy atom. The molecule has 1 heterocycles. The van der Waals surface area contributed by atoms with Crippen molar-refractivity contribution in [2.24, 2.45) is 0 Å². The number of furan rings is 1. The fourth-order valence-electron chi connectivity index (χ4n) is 1.50. The summed E-state index contributed by atoms with van der Waals surface area (Å²) in [6, 6.07) is 7.68. The molecule has 2 aromatic rings. The molecule has 0 fully saturated rings. The van der Waals surface area contributed by atoms with E-state index in [-0.39, 0.29) is 0 Å². The number of fused-ring (bicyclic) bond motifs is 1. The maximum Gasteiger partial charge on any atom is 0.384 e. The molecule has 0 unspecified atom stereocenters. The second-order valence-corrected chi connectivity index (χ2v) is 3.62. The van der Waals surface area contributed by atoms with E-state index in [4.69, 9.17) is 9.15 Å². The van der Waals surface area contributed by atoms with Gasteiger partial charge in [0.2, 0.25) is 0 Å². The molecule has 17 heavy (non-hydrogen) atoms. The van der Waals surface area contributed by atoms with Crippen LogP contribution in [-0.2, 0) is 9.53 Å². The van der Waals surface area contributed by atoms with Gasteiger partial charge in [-0.3, -0.25) is 0 Å². The van der Waals surface area contributed by atoms with E-state index in [0.717, 1.165) is 16.5 Å². The Balaban J connectivity index is 2.28. The fourth-order valence-corrected chi connectivity index (χ4v) is 1.50. The molecule has 2 rings (SSSR count). The molecular formula is C14H12O3. The number of carbonyl (C=O) groups excluding carboxylic acids is 1. The van der Waals surface area contributed by atoms with Crippen molar-refractivity contribution in [2.45, 2.75) is 13.8 Å². The molecular weight excluding hydrogens is 216 g/mol. The molecule has 1 aromatic heterocycles. The number of carbonyl (C=O) groups is 1. The Labute approximate surface area is 99.4 Å². The first kappa shape index (κ1) is 11.3. The zero-order valence-electron chi connectivity index (χ0n) is 9.74. The van der Waals surface area contributed by atoms with Gasteiger partial charge in [0, 0.05) is 17.4 Å². The Morgan fingerprint density at radius 1 is 1.41 bits per heavy atom. The molecule has 0 saturated carbocycles. The van der Waals surface area contributed by atoms with Gasteiger partial charge in [-0.1, -0.05) is 11.6 Å². The second-order valence-electron chi connectivity index (χ2n) is 3.62. The molecule has 86 valence electrons. The van der Waals surface area contributed by atoms with Crippen LogP contribution in [0.25, 0.3) is 11.0 Å². The third-order valence-electron chi connectivity index (χ3n) is 2.23. The van der Waals surface area contributed by atoms with Gasteiger partial charge < -0.3 is 9.15 Å². The van der Waals surface area contributed by atoms with Gasteiger partial charge in [0.05, 0.1) is 6.61 Å². The lowest BCUT2D eigenvalue weighted by Gasteiger charge is -1.90. The summed E-state index contributed by atoms with van der Waals surface area (Å²) in [5, 5.41) is 0.984. The van der Waals surface area contributed by atoms with Gasteiger partial charge in [-0.05, 0) is 31.9 Å². The molecule has 0 radical (unpaired) electrons. The summed E-state index contributed by atoms with van der Waals surface area (Å²) in [5.41, 5.74) is 1.92. The van der Waals surface area contributed by atoms with E-state index in [1.807, 2.05) is 31.2 Å². The number of ether oxygens (including phenoxy) is 1. The average molecular weight is 228 g/mol. The molecule has 0 atom stereocenters. The minimum Gasteiger partial charge on any atom is -0.456 e. The van der Waals surface area contributed by atoms with E-state index in [1.165, 1.54) is 0 Å². The van der Waals surface area contributed by atoms with Crippen molar-refractivity contribution in [1.29, 1.82) is 0 Å². The lowest BCUT2D eigenvalue weighted by atomic mass is 10.2. The monoisotopic (exact) mass is 228 g/mol. The standard InChI is InChI=1S/C14H12O3/c1-3-16-14(15)7-5-12-9-11-8-10(2)4-6-13(11)17-12/h4,6,8-9H,3H2,1-2H3. The van der Waals surface area contributed by atoms with Crippen LogP contribution in [-0.4, -0.2) is 12.6 Å². The van der Waals surface area contributed by atoms with Crippen LogP contribution >= 0.6 is 0 Å². The Bertz CT molecular complexity index is 611. The van der Waals surface area contributed by atoms with E-state index in [1.54, 1.807) is 6.92 Å². The summed E-state index contributed by atoms with van der Waals surface area (Å²) in [7, 11) is 0. The van der Waals surface area contributed by atoms with Crippen LogP contribution in [0.5, 0.6) is 0 Å². The van der Waals surface area contributed by atoms with Crippen molar-refractivity contribution in [3.05, 3.63) is 35.6 Å². The van der Waals surface area contributed by atoms with Crippen molar-refractivity contribution >= 4 is 16.9 Å². The smallest absolute Gasteiger partial charge is 0.384 e. The van der Waals surface area contributed by atoms with E-state index in [0.29, 0.717) is 12.4 Å². The first-order valence-corrected chi connectivity index (χ1v) is 5.38. The number of esters is 1. The van der Waals surface area contributed by atoms with Crippen LogP contribution in [0, 0.1) is 18.8 Å². The lowest BCUT2D eigenvalue weighted by Crippen LogP contribution is -1.99. The number of hydrogen-bond acceptors (Lipinski definition) is 3. The van der Waals surface area contributed by atoms with E-state index in [9.17, 15) is 4.79 Å². The highest BCUT2D eigenvalue weighted by Crippen LogP contribution is 2.19. The highest BCUT2D eigenvalue weighted by atomic mass is 16.5. The predicted octanol–water partition coefficient (Wildman–Crippen LogP) is 2.66. The molecule has 0 aliphatic heterocycles.